The van der Waals surface area contributed by atoms with Crippen LogP contribution in [0.4, 0.5) is 10.1 Å². The number of benzene rings is 2. The van der Waals surface area contributed by atoms with Gasteiger partial charge in [-0.2, -0.15) is 0 Å². The Morgan fingerprint density at radius 3 is 2.52 bits per heavy atom. The third-order valence-electron chi connectivity index (χ3n) is 3.36. The summed E-state index contributed by atoms with van der Waals surface area (Å²) in [5, 5.41) is 13.5. The van der Waals surface area contributed by atoms with Crippen LogP contribution >= 0.6 is 23.1 Å². The van der Waals surface area contributed by atoms with Gasteiger partial charge in [-0.15, -0.1) is 10.2 Å². The average molecular weight is 402 g/mol. The van der Waals surface area contributed by atoms with E-state index in [2.05, 4.69) is 20.8 Å². The van der Waals surface area contributed by atoms with Gasteiger partial charge in [0.05, 0.1) is 5.75 Å². The molecule has 0 atom stereocenters. The number of hydrogen-bond donors (Lipinski definition) is 2. The van der Waals surface area contributed by atoms with Crippen LogP contribution in [0.1, 0.15) is 15.4 Å². The van der Waals surface area contributed by atoms with Crippen molar-refractivity contribution < 1.29 is 14.0 Å². The second kappa shape index (κ2) is 9.24. The average Bonchev–Trinajstić information content (AvgIpc) is 3.16. The van der Waals surface area contributed by atoms with E-state index in [0.717, 1.165) is 16.9 Å². The van der Waals surface area contributed by atoms with Crippen LogP contribution in [0, 0.1) is 5.82 Å². The van der Waals surface area contributed by atoms with Gasteiger partial charge < -0.3 is 10.6 Å². The topological polar surface area (TPSA) is 84.0 Å². The summed E-state index contributed by atoms with van der Waals surface area (Å²) in [6.07, 6.45) is 0. The van der Waals surface area contributed by atoms with Crippen molar-refractivity contribution in [1.82, 2.24) is 15.5 Å². The number of amides is 2. The molecule has 138 valence electrons. The first kappa shape index (κ1) is 19.0. The molecule has 0 unspecified atom stereocenters. The van der Waals surface area contributed by atoms with E-state index in [1.807, 2.05) is 18.2 Å². The van der Waals surface area contributed by atoms with Gasteiger partial charge in [-0.05, 0) is 29.8 Å². The third-order valence-corrected chi connectivity index (χ3v) is 5.42. The van der Waals surface area contributed by atoms with E-state index in [4.69, 9.17) is 0 Å². The largest absolute Gasteiger partial charge is 0.351 e. The lowest BCUT2D eigenvalue weighted by Gasteiger charge is -2.04. The van der Waals surface area contributed by atoms with E-state index < -0.39 is 0 Å². The molecule has 1 heterocycles. The zero-order valence-electron chi connectivity index (χ0n) is 14.0. The minimum absolute atomic E-state index is 0.149. The number of aromatic nitrogens is 2. The number of carbonyl (C=O) groups excluding carboxylic acids is 2. The summed E-state index contributed by atoms with van der Waals surface area (Å²) in [4.78, 5) is 24.0. The van der Waals surface area contributed by atoms with Crippen molar-refractivity contribution in [3.8, 4) is 0 Å². The SMILES string of the molecule is O=C(CSc1nnc(C(=O)Nc2ccccc2)s1)NCc1ccc(F)cc1. The lowest BCUT2D eigenvalue weighted by molar-refractivity contribution is -0.118. The van der Waals surface area contributed by atoms with E-state index in [9.17, 15) is 14.0 Å². The minimum atomic E-state index is -0.341. The zero-order chi connectivity index (χ0) is 19.1. The molecule has 0 aliphatic carbocycles. The van der Waals surface area contributed by atoms with Gasteiger partial charge in [0.15, 0.2) is 4.34 Å². The Morgan fingerprint density at radius 1 is 1.04 bits per heavy atom. The number of para-hydroxylation sites is 1. The molecule has 0 spiro atoms. The number of rotatable bonds is 7. The van der Waals surface area contributed by atoms with E-state index in [-0.39, 0.29) is 28.4 Å². The van der Waals surface area contributed by atoms with Crippen LogP contribution in [0.2, 0.25) is 0 Å². The first-order chi connectivity index (χ1) is 13.1. The molecule has 27 heavy (non-hydrogen) atoms. The Kier molecular flexibility index (Phi) is 6.50. The van der Waals surface area contributed by atoms with E-state index in [0.29, 0.717) is 16.6 Å². The number of nitrogens with one attached hydrogen (secondary N) is 2. The van der Waals surface area contributed by atoms with Crippen molar-refractivity contribution >= 4 is 40.6 Å². The van der Waals surface area contributed by atoms with Crippen LogP contribution in [-0.2, 0) is 11.3 Å². The first-order valence-electron chi connectivity index (χ1n) is 7.94. The zero-order valence-corrected chi connectivity index (χ0v) is 15.6. The molecule has 0 saturated carbocycles. The molecule has 0 saturated heterocycles. The Morgan fingerprint density at radius 2 is 1.78 bits per heavy atom. The van der Waals surface area contributed by atoms with E-state index >= 15 is 0 Å². The number of hydrogen-bond acceptors (Lipinski definition) is 6. The first-order valence-corrected chi connectivity index (χ1v) is 9.74. The Labute approximate surface area is 163 Å². The fourth-order valence-corrected chi connectivity index (χ4v) is 3.62. The van der Waals surface area contributed by atoms with Crippen LogP contribution in [0.25, 0.3) is 0 Å². The minimum Gasteiger partial charge on any atom is -0.351 e. The summed E-state index contributed by atoms with van der Waals surface area (Å²) >= 11 is 2.33. The molecule has 2 aromatic carbocycles. The van der Waals surface area contributed by atoms with Crippen LogP contribution < -0.4 is 10.6 Å². The van der Waals surface area contributed by atoms with Gasteiger partial charge in [0.2, 0.25) is 10.9 Å². The summed E-state index contributed by atoms with van der Waals surface area (Å²) in [6, 6.07) is 15.0. The molecule has 9 heteroatoms. The molecule has 2 N–H and O–H groups in total. The lowest BCUT2D eigenvalue weighted by atomic mass is 10.2. The van der Waals surface area contributed by atoms with Crippen molar-refractivity contribution in [3.05, 3.63) is 71.0 Å². The maximum Gasteiger partial charge on any atom is 0.286 e. The molecule has 0 aliphatic heterocycles. The number of carbonyl (C=O) groups is 2. The standard InChI is InChI=1S/C18H15FN4O2S2/c19-13-8-6-12(7-9-13)10-20-15(24)11-26-18-23-22-17(27-18)16(25)21-14-4-2-1-3-5-14/h1-9H,10-11H2,(H,20,24)(H,21,25). The Hall–Kier alpha value is -2.78. The highest BCUT2D eigenvalue weighted by Gasteiger charge is 2.14. The summed E-state index contributed by atoms with van der Waals surface area (Å²) in [5.41, 5.74) is 1.48. The molecule has 0 bridgehead atoms. The third kappa shape index (κ3) is 5.87. The van der Waals surface area contributed by atoms with Crippen LogP contribution in [-0.4, -0.2) is 27.8 Å². The van der Waals surface area contributed by atoms with Gasteiger partial charge >= 0.3 is 0 Å². The highest BCUT2D eigenvalue weighted by molar-refractivity contribution is 8.01. The van der Waals surface area contributed by atoms with Crippen LogP contribution in [0.5, 0.6) is 0 Å². The highest BCUT2D eigenvalue weighted by atomic mass is 32.2. The Balaban J connectivity index is 1.45. The van der Waals surface area contributed by atoms with Crippen LogP contribution in [0.15, 0.2) is 58.9 Å². The smallest absolute Gasteiger partial charge is 0.286 e. The highest BCUT2D eigenvalue weighted by Crippen LogP contribution is 2.23. The fourth-order valence-electron chi connectivity index (χ4n) is 2.05. The molecule has 6 nitrogen and oxygen atoms in total. The molecular weight excluding hydrogens is 387 g/mol. The van der Waals surface area contributed by atoms with Crippen molar-refractivity contribution in [1.29, 1.82) is 0 Å². The monoisotopic (exact) mass is 402 g/mol. The summed E-state index contributed by atoms with van der Waals surface area (Å²) in [5.74, 6) is -0.694. The molecule has 3 rings (SSSR count). The molecular formula is C18H15FN4O2S2. The van der Waals surface area contributed by atoms with Gasteiger partial charge in [-0.25, -0.2) is 4.39 Å². The van der Waals surface area contributed by atoms with E-state index in [1.165, 1.54) is 23.9 Å². The number of halogens is 1. The number of thioether (sulfide) groups is 1. The van der Waals surface area contributed by atoms with Gasteiger partial charge in [0.25, 0.3) is 5.91 Å². The normalized spacial score (nSPS) is 10.4. The van der Waals surface area contributed by atoms with Gasteiger partial charge in [0.1, 0.15) is 5.82 Å². The predicted octanol–water partition coefficient (Wildman–Crippen LogP) is 3.34. The number of nitrogens with zero attached hydrogens (tertiary/aromatic N) is 2. The second-order valence-corrected chi connectivity index (χ2v) is 7.59. The van der Waals surface area contributed by atoms with Crippen molar-refractivity contribution in [2.24, 2.45) is 0 Å². The lowest BCUT2D eigenvalue weighted by Crippen LogP contribution is -2.24. The predicted molar refractivity (Wildman–Crippen MR) is 103 cm³/mol. The fraction of sp³-hybridized carbons (Fsp3) is 0.111. The Bertz CT molecular complexity index is 917. The van der Waals surface area contributed by atoms with Gasteiger partial charge in [-0.3, -0.25) is 9.59 Å². The molecule has 0 radical (unpaired) electrons. The van der Waals surface area contributed by atoms with Crippen molar-refractivity contribution in [2.45, 2.75) is 10.9 Å². The molecule has 0 aliphatic rings. The molecule has 2 amide bonds. The summed E-state index contributed by atoms with van der Waals surface area (Å²) in [7, 11) is 0. The van der Waals surface area contributed by atoms with Crippen molar-refractivity contribution in [2.75, 3.05) is 11.1 Å². The van der Waals surface area contributed by atoms with Gasteiger partial charge in [-0.1, -0.05) is 53.4 Å². The summed E-state index contributed by atoms with van der Waals surface area (Å²) in [6.45, 7) is 0.320. The second-order valence-electron chi connectivity index (χ2n) is 5.39. The number of anilines is 1. The van der Waals surface area contributed by atoms with Crippen LogP contribution in [0.3, 0.4) is 0 Å². The molecule has 0 fully saturated rings. The maximum absolute atomic E-state index is 12.8. The van der Waals surface area contributed by atoms with Gasteiger partial charge in [0, 0.05) is 12.2 Å². The van der Waals surface area contributed by atoms with Crippen molar-refractivity contribution in [3.63, 3.8) is 0 Å². The van der Waals surface area contributed by atoms with E-state index in [1.54, 1.807) is 24.3 Å². The quantitative estimate of drug-likeness (QED) is 0.592. The summed E-state index contributed by atoms with van der Waals surface area (Å²) < 4.78 is 13.4. The molecule has 1 aromatic heterocycles. The maximum atomic E-state index is 12.8. The molecule has 3 aromatic rings.